The maximum atomic E-state index is 11.9. The lowest BCUT2D eigenvalue weighted by Crippen LogP contribution is -2.35. The fourth-order valence-electron chi connectivity index (χ4n) is 1.99. The van der Waals surface area contributed by atoms with Gasteiger partial charge in [0.2, 0.25) is 0 Å². The molecule has 28 heavy (non-hydrogen) atoms. The second kappa shape index (κ2) is 10.4. The van der Waals surface area contributed by atoms with E-state index in [0.29, 0.717) is 23.8 Å². The quantitative estimate of drug-likeness (QED) is 0.559. The van der Waals surface area contributed by atoms with Crippen molar-refractivity contribution >= 4 is 34.8 Å². The zero-order chi connectivity index (χ0) is 21.4. The Kier molecular flexibility index (Phi) is 8.81. The standard InChI is InChI=1S/C20H31N3O4S/c1-19(2,3)26-17(24)21-13-12-14-8-10-15(11-9-14)22-16(28-7)23-18(25)27-20(4,5)6/h8-11H,12-13H2,1-7H3,(H,21,24)(H,22,23,25). The first-order chi connectivity index (χ1) is 12.9. The number of ether oxygens (including phenoxy) is 2. The van der Waals surface area contributed by atoms with Gasteiger partial charge in [-0.15, -0.1) is 0 Å². The highest BCUT2D eigenvalue weighted by molar-refractivity contribution is 8.13. The third-order valence-corrected chi connectivity index (χ3v) is 3.63. The molecule has 7 nitrogen and oxygen atoms in total. The molecule has 1 aromatic rings. The molecule has 0 heterocycles. The topological polar surface area (TPSA) is 89.0 Å². The summed E-state index contributed by atoms with van der Waals surface area (Å²) in [5.41, 5.74) is 0.694. The summed E-state index contributed by atoms with van der Waals surface area (Å²) in [7, 11) is 0. The molecule has 1 aromatic carbocycles. The molecule has 0 aliphatic rings. The number of benzene rings is 1. The van der Waals surface area contributed by atoms with Crippen molar-refractivity contribution in [2.24, 2.45) is 4.99 Å². The van der Waals surface area contributed by atoms with Crippen molar-refractivity contribution < 1.29 is 19.1 Å². The number of alkyl carbamates (subject to hydrolysis) is 2. The summed E-state index contributed by atoms with van der Waals surface area (Å²) in [5, 5.41) is 5.82. The Balaban J connectivity index is 2.57. The number of hydrogen-bond donors (Lipinski definition) is 2. The summed E-state index contributed by atoms with van der Waals surface area (Å²) in [6, 6.07) is 7.58. The predicted octanol–water partition coefficient (Wildman–Crippen LogP) is 4.63. The number of nitrogens with zero attached hydrogens (tertiary/aromatic N) is 1. The van der Waals surface area contributed by atoms with Gasteiger partial charge in [0.15, 0.2) is 5.17 Å². The summed E-state index contributed by atoms with van der Waals surface area (Å²) >= 11 is 1.32. The molecule has 1 rings (SSSR count). The van der Waals surface area contributed by atoms with Crippen molar-refractivity contribution in [1.82, 2.24) is 10.6 Å². The fourth-order valence-corrected chi connectivity index (χ4v) is 2.38. The van der Waals surface area contributed by atoms with E-state index in [9.17, 15) is 9.59 Å². The summed E-state index contributed by atoms with van der Waals surface area (Å²) in [6.45, 7) is 11.4. The minimum atomic E-state index is -0.567. The van der Waals surface area contributed by atoms with Crippen LogP contribution in [0.2, 0.25) is 0 Å². The van der Waals surface area contributed by atoms with E-state index < -0.39 is 23.4 Å². The van der Waals surface area contributed by atoms with Crippen LogP contribution in [0.15, 0.2) is 29.3 Å². The number of thioether (sulfide) groups is 1. The molecule has 0 atom stereocenters. The number of amidine groups is 1. The van der Waals surface area contributed by atoms with Crippen molar-refractivity contribution in [1.29, 1.82) is 0 Å². The van der Waals surface area contributed by atoms with Crippen molar-refractivity contribution in [2.45, 2.75) is 59.2 Å². The Morgan fingerprint density at radius 2 is 1.50 bits per heavy atom. The fraction of sp³-hybridized carbons (Fsp3) is 0.550. The molecule has 156 valence electrons. The zero-order valence-corrected chi connectivity index (χ0v) is 18.5. The van der Waals surface area contributed by atoms with Crippen LogP contribution in [-0.4, -0.2) is 41.4 Å². The maximum Gasteiger partial charge on any atom is 0.413 e. The van der Waals surface area contributed by atoms with Gasteiger partial charge < -0.3 is 14.8 Å². The molecule has 0 aliphatic heterocycles. The molecule has 0 fully saturated rings. The first-order valence-electron chi connectivity index (χ1n) is 9.06. The summed E-state index contributed by atoms with van der Waals surface area (Å²) in [6.07, 6.45) is 1.54. The van der Waals surface area contributed by atoms with Gasteiger partial charge in [-0.3, -0.25) is 5.32 Å². The molecule has 2 amide bonds. The van der Waals surface area contributed by atoms with Crippen LogP contribution in [0.3, 0.4) is 0 Å². The minimum absolute atomic E-state index is 0.424. The van der Waals surface area contributed by atoms with Crippen molar-refractivity contribution in [3.63, 3.8) is 0 Å². The zero-order valence-electron chi connectivity index (χ0n) is 17.7. The highest BCUT2D eigenvalue weighted by Gasteiger charge is 2.17. The van der Waals surface area contributed by atoms with Gasteiger partial charge in [0.1, 0.15) is 11.2 Å². The number of rotatable bonds is 4. The molecule has 0 saturated heterocycles. The van der Waals surface area contributed by atoms with E-state index in [2.05, 4.69) is 15.6 Å². The van der Waals surface area contributed by atoms with Gasteiger partial charge in [0.25, 0.3) is 0 Å². The third-order valence-electron chi connectivity index (χ3n) is 3.05. The largest absolute Gasteiger partial charge is 0.444 e. The second-order valence-electron chi connectivity index (χ2n) is 8.09. The lowest BCUT2D eigenvalue weighted by molar-refractivity contribution is 0.0525. The lowest BCUT2D eigenvalue weighted by atomic mass is 10.1. The normalized spacial score (nSPS) is 12.3. The maximum absolute atomic E-state index is 11.9. The second-order valence-corrected chi connectivity index (χ2v) is 8.89. The lowest BCUT2D eigenvalue weighted by Gasteiger charge is -2.19. The first-order valence-corrected chi connectivity index (χ1v) is 10.3. The number of amides is 2. The first kappa shape index (κ1) is 23.8. The van der Waals surface area contributed by atoms with Crippen LogP contribution in [0.1, 0.15) is 47.1 Å². The number of aliphatic imine (C=N–C) groups is 1. The Bertz CT molecular complexity index is 689. The van der Waals surface area contributed by atoms with Crippen LogP contribution < -0.4 is 10.6 Å². The van der Waals surface area contributed by atoms with Gasteiger partial charge >= 0.3 is 12.2 Å². The van der Waals surface area contributed by atoms with Gasteiger partial charge in [0, 0.05) is 6.54 Å². The Morgan fingerprint density at radius 3 is 2.00 bits per heavy atom. The third kappa shape index (κ3) is 10.8. The van der Waals surface area contributed by atoms with E-state index in [-0.39, 0.29) is 0 Å². The SMILES string of the molecule is CSC(=Nc1ccc(CCNC(=O)OC(C)(C)C)cc1)NC(=O)OC(C)(C)C. The molecule has 0 unspecified atom stereocenters. The smallest absolute Gasteiger partial charge is 0.413 e. The van der Waals surface area contributed by atoms with Crippen LogP contribution >= 0.6 is 11.8 Å². The molecule has 8 heteroatoms. The monoisotopic (exact) mass is 409 g/mol. The van der Waals surface area contributed by atoms with Crippen LogP contribution in [0.5, 0.6) is 0 Å². The summed E-state index contributed by atoms with van der Waals surface area (Å²) in [5.74, 6) is 0. The summed E-state index contributed by atoms with van der Waals surface area (Å²) < 4.78 is 10.4. The van der Waals surface area contributed by atoms with Crippen molar-refractivity contribution in [3.05, 3.63) is 29.8 Å². The Morgan fingerprint density at radius 1 is 0.964 bits per heavy atom. The van der Waals surface area contributed by atoms with Gasteiger partial charge in [-0.1, -0.05) is 23.9 Å². The van der Waals surface area contributed by atoms with Crippen LogP contribution in [-0.2, 0) is 15.9 Å². The molecular weight excluding hydrogens is 378 g/mol. The Labute approximate surface area is 171 Å². The molecular formula is C20H31N3O4S. The van der Waals surface area contributed by atoms with Crippen LogP contribution in [0.4, 0.5) is 15.3 Å². The number of carbonyl (C=O) groups excluding carboxylic acids is 2. The number of hydrogen-bond acceptors (Lipinski definition) is 6. The highest BCUT2D eigenvalue weighted by Crippen LogP contribution is 2.16. The van der Waals surface area contributed by atoms with Gasteiger partial charge in [0.05, 0.1) is 5.69 Å². The number of nitrogens with one attached hydrogen (secondary N) is 2. The number of carbonyl (C=O) groups is 2. The molecule has 0 saturated carbocycles. The van der Waals surface area contributed by atoms with E-state index in [4.69, 9.17) is 9.47 Å². The Hall–Kier alpha value is -2.22. The minimum Gasteiger partial charge on any atom is -0.444 e. The molecule has 0 aliphatic carbocycles. The van der Waals surface area contributed by atoms with E-state index in [0.717, 1.165) is 5.56 Å². The average molecular weight is 410 g/mol. The van der Waals surface area contributed by atoms with E-state index in [1.54, 1.807) is 20.8 Å². The summed E-state index contributed by atoms with van der Waals surface area (Å²) in [4.78, 5) is 27.9. The van der Waals surface area contributed by atoms with Crippen LogP contribution in [0.25, 0.3) is 0 Å². The van der Waals surface area contributed by atoms with Crippen molar-refractivity contribution in [2.75, 3.05) is 12.8 Å². The molecule has 0 aromatic heterocycles. The van der Waals surface area contributed by atoms with E-state index >= 15 is 0 Å². The van der Waals surface area contributed by atoms with Gasteiger partial charge in [-0.05, 0) is 71.9 Å². The highest BCUT2D eigenvalue weighted by atomic mass is 32.2. The molecule has 0 bridgehead atoms. The van der Waals surface area contributed by atoms with Crippen molar-refractivity contribution in [3.8, 4) is 0 Å². The molecule has 0 spiro atoms. The van der Waals surface area contributed by atoms with Gasteiger partial charge in [-0.25, -0.2) is 14.6 Å². The van der Waals surface area contributed by atoms with E-state index in [1.165, 1.54) is 11.8 Å². The van der Waals surface area contributed by atoms with Crippen LogP contribution in [0, 0.1) is 0 Å². The average Bonchev–Trinajstić information content (AvgIpc) is 2.52. The predicted molar refractivity (Wildman–Crippen MR) is 114 cm³/mol. The van der Waals surface area contributed by atoms with Gasteiger partial charge in [-0.2, -0.15) is 0 Å². The molecule has 2 N–H and O–H groups in total. The van der Waals surface area contributed by atoms with E-state index in [1.807, 2.05) is 51.3 Å². The molecule has 0 radical (unpaired) electrons.